The van der Waals surface area contributed by atoms with Crippen molar-refractivity contribution >= 4 is 23.5 Å². The Morgan fingerprint density at radius 1 is 1.00 bits per heavy atom. The standard InChI is InChI=1S/C16H32S2/c1-7-11(2)8-9-12(3)13(4)10-17-16-14(5)18-15(16)6/h11-16H,7-10H2,1-6H3. The first-order valence-corrected chi connectivity index (χ1v) is 9.71. The molecule has 0 aliphatic carbocycles. The van der Waals surface area contributed by atoms with E-state index in [4.69, 9.17) is 0 Å². The second kappa shape index (κ2) is 8.09. The lowest BCUT2D eigenvalue weighted by atomic mass is 9.89. The Hall–Kier alpha value is 0.700. The molecule has 1 fully saturated rings. The van der Waals surface area contributed by atoms with Crippen molar-refractivity contribution in [3.8, 4) is 0 Å². The second-order valence-corrected chi connectivity index (χ2v) is 9.36. The minimum atomic E-state index is 0.879. The summed E-state index contributed by atoms with van der Waals surface area (Å²) >= 11 is 4.38. The van der Waals surface area contributed by atoms with E-state index >= 15 is 0 Å². The van der Waals surface area contributed by atoms with Gasteiger partial charge in [0.1, 0.15) is 0 Å². The Morgan fingerprint density at radius 3 is 2.11 bits per heavy atom. The highest BCUT2D eigenvalue weighted by Gasteiger charge is 2.36. The molecule has 0 nitrogen and oxygen atoms in total. The molecular formula is C16H32S2. The molecule has 0 aromatic carbocycles. The van der Waals surface area contributed by atoms with Gasteiger partial charge in [-0.1, -0.05) is 60.8 Å². The summed E-state index contributed by atoms with van der Waals surface area (Å²) in [6.45, 7) is 14.4. The van der Waals surface area contributed by atoms with Gasteiger partial charge in [-0.15, -0.1) is 0 Å². The van der Waals surface area contributed by atoms with E-state index in [1.54, 1.807) is 0 Å². The van der Waals surface area contributed by atoms with Crippen molar-refractivity contribution in [2.45, 2.75) is 76.6 Å². The lowest BCUT2D eigenvalue weighted by Gasteiger charge is -2.40. The summed E-state index contributed by atoms with van der Waals surface area (Å²) in [5.41, 5.74) is 0. The average molecular weight is 289 g/mol. The first-order valence-electron chi connectivity index (χ1n) is 7.72. The number of hydrogen-bond acceptors (Lipinski definition) is 2. The molecule has 18 heavy (non-hydrogen) atoms. The van der Waals surface area contributed by atoms with Crippen LogP contribution in [0.25, 0.3) is 0 Å². The van der Waals surface area contributed by atoms with Crippen LogP contribution in [-0.2, 0) is 0 Å². The zero-order valence-electron chi connectivity index (χ0n) is 13.1. The fourth-order valence-corrected chi connectivity index (χ4v) is 5.96. The van der Waals surface area contributed by atoms with Crippen molar-refractivity contribution in [1.29, 1.82) is 0 Å². The number of hydrogen-bond donors (Lipinski definition) is 0. The van der Waals surface area contributed by atoms with Crippen LogP contribution in [0, 0.1) is 17.8 Å². The fourth-order valence-electron chi connectivity index (χ4n) is 2.52. The smallest absolute Gasteiger partial charge is 0.0280 e. The van der Waals surface area contributed by atoms with Crippen molar-refractivity contribution in [3.63, 3.8) is 0 Å². The molecule has 1 aliphatic rings. The highest BCUT2D eigenvalue weighted by atomic mass is 32.2. The van der Waals surface area contributed by atoms with Gasteiger partial charge in [0, 0.05) is 15.7 Å². The van der Waals surface area contributed by atoms with Crippen LogP contribution in [0.2, 0.25) is 0 Å². The first-order chi connectivity index (χ1) is 8.45. The van der Waals surface area contributed by atoms with Gasteiger partial charge in [-0.25, -0.2) is 0 Å². The molecule has 0 amide bonds. The predicted molar refractivity (Wildman–Crippen MR) is 89.8 cm³/mol. The van der Waals surface area contributed by atoms with Crippen LogP contribution in [0.15, 0.2) is 0 Å². The molecule has 2 heteroatoms. The van der Waals surface area contributed by atoms with Crippen molar-refractivity contribution in [3.05, 3.63) is 0 Å². The molecule has 0 aromatic heterocycles. The summed E-state index contributed by atoms with van der Waals surface area (Å²) in [7, 11) is 0. The number of thioether (sulfide) groups is 2. The molecule has 5 atom stereocenters. The largest absolute Gasteiger partial charge is 0.156 e. The molecule has 0 saturated carbocycles. The van der Waals surface area contributed by atoms with E-state index in [1.807, 2.05) is 0 Å². The Bertz CT molecular complexity index is 221. The van der Waals surface area contributed by atoms with Gasteiger partial charge in [0.25, 0.3) is 0 Å². The monoisotopic (exact) mass is 288 g/mol. The van der Waals surface area contributed by atoms with Crippen LogP contribution < -0.4 is 0 Å². The molecule has 108 valence electrons. The zero-order chi connectivity index (χ0) is 13.7. The van der Waals surface area contributed by atoms with Gasteiger partial charge in [-0.2, -0.15) is 23.5 Å². The minimum Gasteiger partial charge on any atom is -0.156 e. The van der Waals surface area contributed by atoms with E-state index in [0.29, 0.717) is 0 Å². The fraction of sp³-hybridized carbons (Fsp3) is 1.00. The van der Waals surface area contributed by atoms with Gasteiger partial charge in [0.2, 0.25) is 0 Å². The van der Waals surface area contributed by atoms with Crippen LogP contribution in [0.1, 0.15) is 60.8 Å². The van der Waals surface area contributed by atoms with Crippen molar-refractivity contribution < 1.29 is 0 Å². The van der Waals surface area contributed by atoms with Crippen LogP contribution in [0.5, 0.6) is 0 Å². The Kier molecular flexibility index (Phi) is 7.53. The third-order valence-electron chi connectivity index (χ3n) is 4.69. The third kappa shape index (κ3) is 5.00. The summed E-state index contributed by atoms with van der Waals surface area (Å²) in [4.78, 5) is 0. The van der Waals surface area contributed by atoms with Gasteiger partial charge < -0.3 is 0 Å². The van der Waals surface area contributed by atoms with Gasteiger partial charge in [0.15, 0.2) is 0 Å². The Labute approximate surface area is 123 Å². The van der Waals surface area contributed by atoms with Gasteiger partial charge in [0.05, 0.1) is 0 Å². The summed E-state index contributed by atoms with van der Waals surface area (Å²) in [5.74, 6) is 4.05. The molecular weight excluding hydrogens is 256 g/mol. The third-order valence-corrected chi connectivity index (χ3v) is 8.40. The summed E-state index contributed by atoms with van der Waals surface area (Å²) in [5, 5.41) is 2.68. The first kappa shape index (κ1) is 16.8. The predicted octanol–water partition coefficient (Wildman–Crippen LogP) is 5.71. The minimum absolute atomic E-state index is 0.879. The normalized spacial score (nSPS) is 32.7. The quantitative estimate of drug-likeness (QED) is 0.561. The van der Waals surface area contributed by atoms with E-state index in [1.165, 1.54) is 25.0 Å². The van der Waals surface area contributed by atoms with E-state index < -0.39 is 0 Å². The van der Waals surface area contributed by atoms with Crippen molar-refractivity contribution in [2.75, 3.05) is 5.75 Å². The van der Waals surface area contributed by atoms with Crippen LogP contribution in [0.3, 0.4) is 0 Å². The highest BCUT2D eigenvalue weighted by Crippen LogP contribution is 2.44. The Balaban J connectivity index is 2.17. The second-order valence-electron chi connectivity index (χ2n) is 6.39. The summed E-state index contributed by atoms with van der Waals surface area (Å²) in [6.07, 6.45) is 4.17. The van der Waals surface area contributed by atoms with E-state index in [0.717, 1.165) is 33.5 Å². The maximum Gasteiger partial charge on any atom is 0.0280 e. The van der Waals surface area contributed by atoms with Gasteiger partial charge >= 0.3 is 0 Å². The number of rotatable bonds is 8. The maximum absolute atomic E-state index is 2.45. The zero-order valence-corrected chi connectivity index (χ0v) is 14.7. The van der Waals surface area contributed by atoms with Crippen LogP contribution in [0.4, 0.5) is 0 Å². The molecule has 0 radical (unpaired) electrons. The molecule has 1 rings (SSSR count). The molecule has 1 heterocycles. The molecule has 5 unspecified atom stereocenters. The van der Waals surface area contributed by atoms with E-state index in [2.05, 4.69) is 65.1 Å². The van der Waals surface area contributed by atoms with Crippen molar-refractivity contribution in [2.24, 2.45) is 17.8 Å². The van der Waals surface area contributed by atoms with Crippen molar-refractivity contribution in [1.82, 2.24) is 0 Å². The molecule has 0 spiro atoms. The van der Waals surface area contributed by atoms with Crippen LogP contribution in [-0.4, -0.2) is 21.5 Å². The topological polar surface area (TPSA) is 0 Å². The Morgan fingerprint density at radius 2 is 1.61 bits per heavy atom. The van der Waals surface area contributed by atoms with E-state index in [9.17, 15) is 0 Å². The van der Waals surface area contributed by atoms with Gasteiger partial charge in [-0.3, -0.25) is 0 Å². The molecule has 1 saturated heterocycles. The summed E-state index contributed by atoms with van der Waals surface area (Å²) < 4.78 is 0. The average Bonchev–Trinajstić information content (AvgIpc) is 2.35. The van der Waals surface area contributed by atoms with E-state index in [-0.39, 0.29) is 0 Å². The van der Waals surface area contributed by atoms with Gasteiger partial charge in [-0.05, 0) is 23.5 Å². The highest BCUT2D eigenvalue weighted by molar-refractivity contribution is 8.08. The lowest BCUT2D eigenvalue weighted by molar-refractivity contribution is 0.351. The SMILES string of the molecule is CCC(C)CCC(C)C(C)CSC1C(C)SC1C. The lowest BCUT2D eigenvalue weighted by Crippen LogP contribution is -2.39. The summed E-state index contributed by atoms with van der Waals surface area (Å²) in [6, 6.07) is 0. The molecule has 1 aliphatic heterocycles. The van der Waals surface area contributed by atoms with Crippen LogP contribution >= 0.6 is 23.5 Å². The molecule has 0 N–H and O–H groups in total. The maximum atomic E-state index is 2.45. The molecule has 0 bridgehead atoms. The molecule has 0 aromatic rings.